The fourth-order valence-corrected chi connectivity index (χ4v) is 4.06. The molecule has 0 fully saturated rings. The van der Waals surface area contributed by atoms with Gasteiger partial charge in [-0.25, -0.2) is 13.4 Å². The molecule has 0 amide bonds. The fourth-order valence-electron chi connectivity index (χ4n) is 2.79. The molecule has 0 saturated heterocycles. The van der Waals surface area contributed by atoms with E-state index in [1.165, 1.54) is 32.4 Å². The van der Waals surface area contributed by atoms with Crippen LogP contribution in [0.2, 0.25) is 0 Å². The van der Waals surface area contributed by atoms with Crippen LogP contribution in [0.15, 0.2) is 65.7 Å². The van der Waals surface area contributed by atoms with Gasteiger partial charge in [0.05, 0.1) is 30.5 Å². The lowest BCUT2D eigenvalue weighted by molar-refractivity contribution is -0.385. The van der Waals surface area contributed by atoms with Crippen molar-refractivity contribution in [2.24, 2.45) is 0 Å². The van der Waals surface area contributed by atoms with E-state index < -0.39 is 14.9 Å². The van der Waals surface area contributed by atoms with Gasteiger partial charge in [-0.1, -0.05) is 12.1 Å². The summed E-state index contributed by atoms with van der Waals surface area (Å²) in [5.74, 6) is 0.726. The molecule has 3 aromatic rings. The standard InChI is InChI=1S/C20H20N4O6S/c1-29-18-6-4-3-5-16(18)23-31(27,28)19-12-15(24(25)26)7-8-17(19)22-13-14-9-10-21-20(11-14)30-2/h3-12,22-23H,13H2,1-2H3. The molecule has 0 atom stereocenters. The Kier molecular flexibility index (Phi) is 6.55. The number of sulfonamides is 1. The molecule has 31 heavy (non-hydrogen) atoms. The van der Waals surface area contributed by atoms with E-state index in [0.29, 0.717) is 11.6 Å². The summed E-state index contributed by atoms with van der Waals surface area (Å²) in [5, 5.41) is 14.2. The first-order chi connectivity index (χ1) is 14.8. The van der Waals surface area contributed by atoms with Crippen LogP contribution < -0.4 is 19.5 Å². The normalized spacial score (nSPS) is 10.9. The number of aromatic nitrogens is 1. The van der Waals surface area contributed by atoms with Crippen LogP contribution in [0.4, 0.5) is 17.1 Å². The number of nitrogens with one attached hydrogen (secondary N) is 2. The molecule has 162 valence electrons. The second kappa shape index (κ2) is 9.30. The molecule has 3 rings (SSSR count). The maximum Gasteiger partial charge on any atom is 0.270 e. The van der Waals surface area contributed by atoms with E-state index in [4.69, 9.17) is 9.47 Å². The van der Waals surface area contributed by atoms with E-state index in [2.05, 4.69) is 15.0 Å². The number of methoxy groups -OCH3 is 2. The number of nitro benzene ring substituents is 1. The number of ether oxygens (including phenoxy) is 2. The molecule has 0 aliphatic heterocycles. The molecule has 0 radical (unpaired) electrons. The highest BCUT2D eigenvalue weighted by Crippen LogP contribution is 2.31. The minimum absolute atomic E-state index is 0.198. The van der Waals surface area contributed by atoms with Gasteiger partial charge in [-0.2, -0.15) is 0 Å². The summed E-state index contributed by atoms with van der Waals surface area (Å²) in [7, 11) is -1.28. The minimum Gasteiger partial charge on any atom is -0.495 e. The predicted octanol–water partition coefficient (Wildman–Crippen LogP) is 3.42. The van der Waals surface area contributed by atoms with Crippen molar-refractivity contribution in [2.75, 3.05) is 24.3 Å². The molecular weight excluding hydrogens is 424 g/mol. The first-order valence-electron chi connectivity index (χ1n) is 9.01. The molecule has 2 aromatic carbocycles. The van der Waals surface area contributed by atoms with Crippen LogP contribution in [0.1, 0.15) is 5.56 Å². The smallest absolute Gasteiger partial charge is 0.270 e. The molecule has 1 heterocycles. The molecule has 0 saturated carbocycles. The zero-order valence-corrected chi connectivity index (χ0v) is 17.5. The fraction of sp³-hybridized carbons (Fsp3) is 0.150. The van der Waals surface area contributed by atoms with Crippen molar-refractivity contribution < 1.29 is 22.8 Å². The number of para-hydroxylation sites is 2. The van der Waals surface area contributed by atoms with Crippen LogP contribution in [-0.4, -0.2) is 32.5 Å². The van der Waals surface area contributed by atoms with Gasteiger partial charge in [0.1, 0.15) is 10.6 Å². The van der Waals surface area contributed by atoms with Crippen molar-refractivity contribution in [1.29, 1.82) is 0 Å². The van der Waals surface area contributed by atoms with E-state index in [9.17, 15) is 18.5 Å². The molecule has 0 bridgehead atoms. The van der Waals surface area contributed by atoms with Crippen molar-refractivity contribution in [2.45, 2.75) is 11.4 Å². The number of non-ortho nitro benzene ring substituents is 1. The number of pyridine rings is 1. The quantitative estimate of drug-likeness (QED) is 0.379. The zero-order valence-electron chi connectivity index (χ0n) is 16.7. The second-order valence-corrected chi connectivity index (χ2v) is 7.95. The lowest BCUT2D eigenvalue weighted by atomic mass is 10.2. The van der Waals surface area contributed by atoms with Gasteiger partial charge in [0, 0.05) is 30.9 Å². The number of nitrogens with zero attached hydrogens (tertiary/aromatic N) is 2. The molecule has 10 nitrogen and oxygen atoms in total. The molecule has 0 aliphatic rings. The molecule has 0 aliphatic carbocycles. The van der Waals surface area contributed by atoms with E-state index in [1.807, 2.05) is 0 Å². The Balaban J connectivity index is 1.96. The van der Waals surface area contributed by atoms with Crippen LogP contribution >= 0.6 is 0 Å². The van der Waals surface area contributed by atoms with Crippen molar-refractivity contribution in [3.63, 3.8) is 0 Å². The van der Waals surface area contributed by atoms with Gasteiger partial charge in [0.25, 0.3) is 15.7 Å². The average Bonchev–Trinajstić information content (AvgIpc) is 2.77. The lowest BCUT2D eigenvalue weighted by Gasteiger charge is -2.15. The second-order valence-electron chi connectivity index (χ2n) is 6.30. The Morgan fingerprint density at radius 2 is 1.81 bits per heavy atom. The van der Waals surface area contributed by atoms with Gasteiger partial charge in [0.15, 0.2) is 0 Å². The number of anilines is 2. The number of hydrogen-bond acceptors (Lipinski definition) is 8. The van der Waals surface area contributed by atoms with Crippen LogP contribution in [0.5, 0.6) is 11.6 Å². The Hall–Kier alpha value is -3.86. The molecule has 1 aromatic heterocycles. The van der Waals surface area contributed by atoms with E-state index >= 15 is 0 Å². The maximum absolute atomic E-state index is 13.1. The van der Waals surface area contributed by atoms with E-state index in [-0.39, 0.29) is 28.5 Å². The number of nitro groups is 1. The maximum atomic E-state index is 13.1. The summed E-state index contributed by atoms with van der Waals surface area (Å²) in [6.45, 7) is 0.244. The van der Waals surface area contributed by atoms with E-state index in [1.54, 1.807) is 36.5 Å². The summed E-state index contributed by atoms with van der Waals surface area (Å²) in [6, 6.07) is 13.5. The van der Waals surface area contributed by atoms with Crippen molar-refractivity contribution in [1.82, 2.24) is 4.98 Å². The number of rotatable bonds is 9. The van der Waals surface area contributed by atoms with Gasteiger partial charge in [0.2, 0.25) is 5.88 Å². The first kappa shape index (κ1) is 21.8. The monoisotopic (exact) mass is 444 g/mol. The van der Waals surface area contributed by atoms with Crippen LogP contribution in [0, 0.1) is 10.1 Å². The summed E-state index contributed by atoms with van der Waals surface area (Å²) in [4.78, 5) is 14.3. The molecular formula is C20H20N4O6S. The van der Waals surface area contributed by atoms with E-state index in [0.717, 1.165) is 11.6 Å². The zero-order chi connectivity index (χ0) is 22.4. The van der Waals surface area contributed by atoms with Crippen LogP contribution in [0.3, 0.4) is 0 Å². The van der Waals surface area contributed by atoms with Gasteiger partial charge in [-0.3, -0.25) is 14.8 Å². The first-order valence-corrected chi connectivity index (χ1v) is 10.5. The highest BCUT2D eigenvalue weighted by Gasteiger charge is 2.23. The highest BCUT2D eigenvalue weighted by atomic mass is 32.2. The Morgan fingerprint density at radius 1 is 1.03 bits per heavy atom. The highest BCUT2D eigenvalue weighted by molar-refractivity contribution is 7.93. The number of hydrogen-bond donors (Lipinski definition) is 2. The topological polar surface area (TPSA) is 133 Å². The van der Waals surface area contributed by atoms with Crippen LogP contribution in [0.25, 0.3) is 0 Å². The summed E-state index contributed by atoms with van der Waals surface area (Å²) >= 11 is 0. The average molecular weight is 444 g/mol. The Labute approximate surface area is 179 Å². The third-order valence-electron chi connectivity index (χ3n) is 4.31. The van der Waals surface area contributed by atoms with Gasteiger partial charge in [-0.15, -0.1) is 0 Å². The molecule has 0 unspecified atom stereocenters. The van der Waals surface area contributed by atoms with Crippen molar-refractivity contribution >= 4 is 27.1 Å². The van der Waals surface area contributed by atoms with Gasteiger partial charge < -0.3 is 14.8 Å². The molecule has 2 N–H and O–H groups in total. The van der Waals surface area contributed by atoms with Gasteiger partial charge in [-0.05, 0) is 29.8 Å². The summed E-state index contributed by atoms with van der Waals surface area (Å²) in [5.41, 5.74) is 0.841. The SMILES string of the molecule is COc1cc(CNc2ccc([N+](=O)[O-])cc2S(=O)(=O)Nc2ccccc2OC)ccn1. The van der Waals surface area contributed by atoms with Gasteiger partial charge >= 0.3 is 0 Å². The number of benzene rings is 2. The minimum atomic E-state index is -4.18. The Bertz CT molecular complexity index is 1200. The largest absolute Gasteiger partial charge is 0.495 e. The van der Waals surface area contributed by atoms with Crippen LogP contribution in [-0.2, 0) is 16.6 Å². The Morgan fingerprint density at radius 3 is 2.52 bits per heavy atom. The summed E-state index contributed by atoms with van der Waals surface area (Å²) < 4.78 is 38.9. The van der Waals surface area contributed by atoms with Crippen molar-refractivity contribution in [3.8, 4) is 11.6 Å². The molecule has 11 heteroatoms. The van der Waals surface area contributed by atoms with Crippen molar-refractivity contribution in [3.05, 3.63) is 76.5 Å². The third kappa shape index (κ3) is 5.20. The predicted molar refractivity (Wildman–Crippen MR) is 115 cm³/mol. The summed E-state index contributed by atoms with van der Waals surface area (Å²) in [6.07, 6.45) is 1.56. The third-order valence-corrected chi connectivity index (χ3v) is 5.71. The lowest BCUT2D eigenvalue weighted by Crippen LogP contribution is -2.16. The molecule has 0 spiro atoms.